The largest absolute Gasteiger partial charge is 0.381 e. The smallest absolute Gasteiger partial charge is 0.193 e. The predicted octanol–water partition coefficient (Wildman–Crippen LogP) is 1.02. The van der Waals surface area contributed by atoms with Gasteiger partial charge < -0.3 is 19.5 Å². The highest BCUT2D eigenvalue weighted by Gasteiger charge is 2.21. The number of ether oxygens (including phenoxy) is 1. The first kappa shape index (κ1) is 18.5. The summed E-state index contributed by atoms with van der Waals surface area (Å²) in [5, 5.41) is 7.47. The van der Waals surface area contributed by atoms with Gasteiger partial charge in [-0.3, -0.25) is 9.89 Å². The van der Waals surface area contributed by atoms with Crippen molar-refractivity contribution in [1.82, 2.24) is 20.3 Å². The predicted molar refractivity (Wildman–Crippen MR) is 99.1 cm³/mol. The van der Waals surface area contributed by atoms with Crippen LogP contribution in [0.5, 0.6) is 0 Å². The van der Waals surface area contributed by atoms with Crippen LogP contribution in [0, 0.1) is 5.92 Å². The Balaban J connectivity index is 0.00000192. The van der Waals surface area contributed by atoms with Crippen LogP contribution >= 0.6 is 24.0 Å². The van der Waals surface area contributed by atoms with E-state index >= 15 is 0 Å². The third-order valence-electron chi connectivity index (χ3n) is 4.33. The summed E-state index contributed by atoms with van der Waals surface area (Å²) in [6.07, 6.45) is 2.78. The Hall–Kier alpha value is -0.870. The fourth-order valence-corrected chi connectivity index (χ4v) is 2.98. The van der Waals surface area contributed by atoms with Crippen LogP contribution in [0.1, 0.15) is 12.1 Å². The summed E-state index contributed by atoms with van der Waals surface area (Å²) in [5.41, 5.74) is 0.997. The van der Waals surface area contributed by atoms with Crippen molar-refractivity contribution in [2.45, 2.75) is 13.0 Å². The standard InChI is InChI=1S/C15H25N5O2.HI/c1-16-15(17-10-13-2-8-21-12-13)20-6-4-19(5-7-20)11-14-3-9-22-18-14;/h3,9,13H,2,4-8,10-12H2,1H3,(H,16,17);1H. The van der Waals surface area contributed by atoms with Crippen molar-refractivity contribution in [3.8, 4) is 0 Å². The third kappa shape index (κ3) is 5.32. The van der Waals surface area contributed by atoms with E-state index in [0.29, 0.717) is 5.92 Å². The molecule has 130 valence electrons. The molecule has 0 aliphatic carbocycles. The van der Waals surface area contributed by atoms with E-state index in [2.05, 4.69) is 25.3 Å². The van der Waals surface area contributed by atoms with Crippen molar-refractivity contribution in [3.05, 3.63) is 18.0 Å². The van der Waals surface area contributed by atoms with Crippen molar-refractivity contribution in [2.24, 2.45) is 10.9 Å². The van der Waals surface area contributed by atoms with Gasteiger partial charge in [-0.05, 0) is 6.42 Å². The Morgan fingerprint density at radius 3 is 2.83 bits per heavy atom. The van der Waals surface area contributed by atoms with Gasteiger partial charge in [-0.1, -0.05) is 5.16 Å². The molecule has 0 spiro atoms. The van der Waals surface area contributed by atoms with Crippen molar-refractivity contribution >= 4 is 29.9 Å². The van der Waals surface area contributed by atoms with Gasteiger partial charge in [-0.25, -0.2) is 0 Å². The van der Waals surface area contributed by atoms with Crippen LogP contribution in [-0.2, 0) is 11.3 Å². The Labute approximate surface area is 154 Å². The van der Waals surface area contributed by atoms with Gasteiger partial charge in [0, 0.05) is 64.9 Å². The van der Waals surface area contributed by atoms with Crippen molar-refractivity contribution in [1.29, 1.82) is 0 Å². The monoisotopic (exact) mass is 435 g/mol. The van der Waals surface area contributed by atoms with Gasteiger partial charge in [0.25, 0.3) is 0 Å². The average molecular weight is 435 g/mol. The SMILES string of the molecule is CN=C(NCC1CCOC1)N1CCN(Cc2ccon2)CC1.I. The molecule has 1 aromatic rings. The van der Waals surface area contributed by atoms with Gasteiger partial charge in [0.15, 0.2) is 5.96 Å². The first-order valence-electron chi connectivity index (χ1n) is 8.00. The quantitative estimate of drug-likeness (QED) is 0.433. The molecule has 0 saturated carbocycles. The minimum atomic E-state index is 0. The van der Waals surface area contributed by atoms with E-state index < -0.39 is 0 Å². The lowest BCUT2D eigenvalue weighted by Gasteiger charge is -2.36. The maximum atomic E-state index is 5.42. The van der Waals surface area contributed by atoms with Gasteiger partial charge in [0.2, 0.25) is 0 Å². The maximum absolute atomic E-state index is 5.42. The number of hydrogen-bond acceptors (Lipinski definition) is 5. The first-order valence-corrected chi connectivity index (χ1v) is 8.00. The zero-order valence-electron chi connectivity index (χ0n) is 13.6. The van der Waals surface area contributed by atoms with Gasteiger partial charge >= 0.3 is 0 Å². The average Bonchev–Trinajstić information content (AvgIpc) is 3.23. The second-order valence-electron chi connectivity index (χ2n) is 5.91. The third-order valence-corrected chi connectivity index (χ3v) is 4.33. The van der Waals surface area contributed by atoms with E-state index in [-0.39, 0.29) is 24.0 Å². The van der Waals surface area contributed by atoms with E-state index in [0.717, 1.165) is 70.6 Å². The van der Waals surface area contributed by atoms with E-state index in [9.17, 15) is 0 Å². The molecule has 3 rings (SSSR count). The molecule has 1 N–H and O–H groups in total. The number of piperazine rings is 1. The molecular weight excluding hydrogens is 409 g/mol. The van der Waals surface area contributed by atoms with Gasteiger partial charge in [-0.15, -0.1) is 24.0 Å². The van der Waals surface area contributed by atoms with Crippen LogP contribution in [0.2, 0.25) is 0 Å². The second-order valence-corrected chi connectivity index (χ2v) is 5.91. The number of rotatable bonds is 4. The summed E-state index contributed by atoms with van der Waals surface area (Å²) in [4.78, 5) is 9.14. The highest BCUT2D eigenvalue weighted by Crippen LogP contribution is 2.11. The molecule has 0 radical (unpaired) electrons. The number of aromatic nitrogens is 1. The lowest BCUT2D eigenvalue weighted by Crippen LogP contribution is -2.52. The molecule has 2 aliphatic rings. The maximum Gasteiger partial charge on any atom is 0.193 e. The fraction of sp³-hybridized carbons (Fsp3) is 0.733. The van der Waals surface area contributed by atoms with E-state index in [4.69, 9.17) is 9.26 Å². The summed E-state index contributed by atoms with van der Waals surface area (Å²) < 4.78 is 10.3. The molecule has 23 heavy (non-hydrogen) atoms. The molecule has 0 bridgehead atoms. The molecule has 2 aliphatic heterocycles. The Morgan fingerprint density at radius 1 is 1.39 bits per heavy atom. The van der Waals surface area contributed by atoms with E-state index in [1.54, 1.807) is 6.26 Å². The molecule has 3 heterocycles. The summed E-state index contributed by atoms with van der Waals surface area (Å²) in [7, 11) is 1.86. The molecule has 8 heteroatoms. The zero-order valence-corrected chi connectivity index (χ0v) is 15.9. The molecule has 1 unspecified atom stereocenters. The zero-order chi connectivity index (χ0) is 15.2. The van der Waals surface area contributed by atoms with Crippen molar-refractivity contribution in [2.75, 3.05) is 53.0 Å². The number of nitrogens with one attached hydrogen (secondary N) is 1. The van der Waals surface area contributed by atoms with Crippen LogP contribution in [0.15, 0.2) is 21.8 Å². The summed E-state index contributed by atoms with van der Waals surface area (Å²) >= 11 is 0. The molecule has 0 aromatic carbocycles. The van der Waals surface area contributed by atoms with E-state index in [1.807, 2.05) is 13.1 Å². The number of nitrogens with zero attached hydrogens (tertiary/aromatic N) is 4. The lowest BCUT2D eigenvalue weighted by molar-refractivity contribution is 0.168. The van der Waals surface area contributed by atoms with Crippen LogP contribution < -0.4 is 5.32 Å². The normalized spacial score (nSPS) is 22.9. The molecule has 0 amide bonds. The summed E-state index contributed by atoms with van der Waals surface area (Å²) in [5.74, 6) is 1.62. The minimum Gasteiger partial charge on any atom is -0.381 e. The topological polar surface area (TPSA) is 66.1 Å². The van der Waals surface area contributed by atoms with Gasteiger partial charge in [0.1, 0.15) is 6.26 Å². The number of halogens is 1. The van der Waals surface area contributed by atoms with Crippen molar-refractivity contribution < 1.29 is 9.26 Å². The molecule has 2 saturated heterocycles. The number of hydrogen-bond donors (Lipinski definition) is 1. The van der Waals surface area contributed by atoms with Crippen LogP contribution in [0.25, 0.3) is 0 Å². The lowest BCUT2D eigenvalue weighted by atomic mass is 10.1. The van der Waals surface area contributed by atoms with E-state index in [1.165, 1.54) is 0 Å². The highest BCUT2D eigenvalue weighted by atomic mass is 127. The molecule has 1 aromatic heterocycles. The molecule has 2 fully saturated rings. The van der Waals surface area contributed by atoms with Crippen LogP contribution in [-0.4, -0.2) is 73.9 Å². The highest BCUT2D eigenvalue weighted by molar-refractivity contribution is 14.0. The van der Waals surface area contributed by atoms with Crippen LogP contribution in [0.3, 0.4) is 0 Å². The molecule has 7 nitrogen and oxygen atoms in total. The van der Waals surface area contributed by atoms with Gasteiger partial charge in [0.05, 0.1) is 12.3 Å². The fourth-order valence-electron chi connectivity index (χ4n) is 2.98. The number of guanidine groups is 1. The Kier molecular flexibility index (Phi) is 7.57. The second kappa shape index (κ2) is 9.43. The first-order chi connectivity index (χ1) is 10.8. The minimum absolute atomic E-state index is 0. The number of aliphatic imine (C=N–C) groups is 1. The molecule has 1 atom stereocenters. The molecular formula is C15H26IN5O2. The summed E-state index contributed by atoms with van der Waals surface area (Å²) in [6.45, 7) is 7.57. The van der Waals surface area contributed by atoms with Crippen molar-refractivity contribution in [3.63, 3.8) is 0 Å². The summed E-state index contributed by atoms with van der Waals surface area (Å²) in [6, 6.07) is 1.93. The Bertz CT molecular complexity index is 468. The van der Waals surface area contributed by atoms with Gasteiger partial charge in [-0.2, -0.15) is 0 Å². The van der Waals surface area contributed by atoms with Crippen LogP contribution in [0.4, 0.5) is 0 Å². The Morgan fingerprint density at radius 2 is 2.22 bits per heavy atom.